The number of rotatable bonds is 1. The molecule has 1 aliphatic heterocycles. The lowest BCUT2D eigenvalue weighted by molar-refractivity contribution is -0.326. The van der Waals surface area contributed by atoms with E-state index < -0.39 is 29.5 Å². The van der Waals surface area contributed by atoms with Gasteiger partial charge in [0.2, 0.25) is 0 Å². The summed E-state index contributed by atoms with van der Waals surface area (Å²) in [6, 6.07) is 0. The maximum Gasteiger partial charge on any atom is 0.487 e. The van der Waals surface area contributed by atoms with Gasteiger partial charge in [-0.2, -0.15) is 27.1 Å². The lowest BCUT2D eigenvalue weighted by atomic mass is 10.2. The predicted octanol–water partition coefficient (Wildman–Crippen LogP) is 1.88. The fourth-order valence-corrected chi connectivity index (χ4v) is 0.918. The largest absolute Gasteiger partial charge is 0.487 e. The highest BCUT2D eigenvalue weighted by molar-refractivity contribution is 5.58. The summed E-state index contributed by atoms with van der Waals surface area (Å²) in [6.07, 6.45) is -15.0. The minimum Gasteiger partial charge on any atom is -0.279 e. The third-order valence-electron chi connectivity index (χ3n) is 1.67. The van der Waals surface area contributed by atoms with Gasteiger partial charge in [-0.1, -0.05) is 0 Å². The van der Waals surface area contributed by atoms with Gasteiger partial charge < -0.3 is 0 Å². The first-order valence-corrected chi connectivity index (χ1v) is 3.56. The summed E-state index contributed by atoms with van der Waals surface area (Å²) >= 11 is 0. The van der Waals surface area contributed by atoms with E-state index in [1.807, 2.05) is 0 Å². The fourth-order valence-electron chi connectivity index (χ4n) is 0.918. The second kappa shape index (κ2) is 3.35. The Labute approximate surface area is 82.7 Å². The van der Waals surface area contributed by atoms with Crippen LogP contribution in [0.15, 0.2) is 5.10 Å². The van der Waals surface area contributed by atoms with Crippen LogP contribution in [0.25, 0.3) is 0 Å². The topological polar surface area (TPSA) is 27.6 Å². The Hall–Kier alpha value is -1.29. The zero-order chi connectivity index (χ0) is 12.8. The molecule has 1 aliphatic rings. The molecule has 0 saturated heterocycles. The van der Waals surface area contributed by atoms with Crippen molar-refractivity contribution in [3.63, 3.8) is 0 Å². The Morgan fingerprint density at radius 1 is 1.00 bits per heavy atom. The average Bonchev–Trinajstić information content (AvgIpc) is 2.47. The molecule has 16 heavy (non-hydrogen) atoms. The third kappa shape index (κ3) is 1.97. The highest BCUT2D eigenvalue weighted by Crippen LogP contribution is 2.41. The maximum atomic E-state index is 12.6. The molecule has 94 valence electrons. The van der Waals surface area contributed by atoms with Gasteiger partial charge in [0.05, 0.1) is 0 Å². The van der Waals surface area contributed by atoms with Crippen LogP contribution < -0.4 is 5.43 Å². The van der Waals surface area contributed by atoms with E-state index in [4.69, 9.17) is 0 Å². The highest BCUT2D eigenvalue weighted by atomic mass is 19.4. The Morgan fingerprint density at radius 3 is 1.88 bits per heavy atom. The lowest BCUT2D eigenvalue weighted by Gasteiger charge is -2.32. The zero-order valence-corrected chi connectivity index (χ0v) is 7.07. The Balaban J connectivity index is 2.98. The first kappa shape index (κ1) is 12.8. The number of nitrogens with one attached hydrogen (secondary N) is 1. The van der Waals surface area contributed by atoms with Gasteiger partial charge >= 0.3 is 18.4 Å². The molecule has 0 fully saturated rings. The van der Waals surface area contributed by atoms with Gasteiger partial charge in [0.15, 0.2) is 6.17 Å². The normalized spacial score (nSPS) is 22.5. The van der Waals surface area contributed by atoms with Crippen LogP contribution in [0.4, 0.5) is 35.1 Å². The molecule has 0 amide bonds. The molecule has 0 saturated carbocycles. The van der Waals surface area contributed by atoms with Gasteiger partial charge in [-0.3, -0.25) is 5.43 Å². The number of hydrogen-bond donors (Lipinski definition) is 1. The van der Waals surface area contributed by atoms with Crippen molar-refractivity contribution in [2.45, 2.75) is 24.6 Å². The summed E-state index contributed by atoms with van der Waals surface area (Å²) in [5.41, 5.74) is 1.07. The maximum absolute atomic E-state index is 12.6. The summed E-state index contributed by atoms with van der Waals surface area (Å²) in [6.45, 7) is 0. The van der Waals surface area contributed by atoms with E-state index in [1.165, 1.54) is 0 Å². The van der Waals surface area contributed by atoms with Crippen LogP contribution in [0.5, 0.6) is 0 Å². The van der Waals surface area contributed by atoms with E-state index in [0.717, 1.165) is 5.43 Å². The van der Waals surface area contributed by atoms with Crippen LogP contribution in [0.1, 0.15) is 0 Å². The molecule has 1 atom stereocenters. The molecule has 0 bridgehead atoms. The van der Waals surface area contributed by atoms with Crippen LogP contribution in [0.2, 0.25) is 0 Å². The molecule has 1 unspecified atom stereocenters. The first-order chi connectivity index (χ1) is 6.98. The molecule has 0 aromatic heterocycles. The predicted molar refractivity (Wildman–Crippen MR) is 34.3 cm³/mol. The van der Waals surface area contributed by atoms with Crippen molar-refractivity contribution in [3.05, 3.63) is 0 Å². The van der Waals surface area contributed by atoms with Crippen molar-refractivity contribution in [3.8, 4) is 0 Å². The number of hydrogen-bond acceptors (Lipinski definition) is 3. The van der Waals surface area contributed by atoms with Gasteiger partial charge in [0.1, 0.15) is 6.34 Å². The summed E-state index contributed by atoms with van der Waals surface area (Å²) in [5.74, 6) is -5.58. The minimum atomic E-state index is -6.11. The number of hydrazone groups is 1. The monoisotopic (exact) mass is 257 g/mol. The SMILES string of the molecule is FC(F)(F)N1C=NNC1C(F)(F)C(F)(F)F. The Kier molecular flexibility index (Phi) is 2.68. The second-order valence-corrected chi connectivity index (χ2v) is 2.77. The third-order valence-corrected chi connectivity index (χ3v) is 1.67. The van der Waals surface area contributed by atoms with Crippen LogP contribution in [0, 0.1) is 0 Å². The Morgan fingerprint density at radius 2 is 1.50 bits per heavy atom. The van der Waals surface area contributed by atoms with Gasteiger partial charge in [0, 0.05) is 0 Å². The van der Waals surface area contributed by atoms with Crippen molar-refractivity contribution in [1.29, 1.82) is 0 Å². The molecular formula is C5H3F8N3. The molecule has 1 heterocycles. The van der Waals surface area contributed by atoms with E-state index in [1.54, 1.807) is 0 Å². The van der Waals surface area contributed by atoms with E-state index in [9.17, 15) is 35.1 Å². The second-order valence-electron chi connectivity index (χ2n) is 2.77. The molecule has 0 aromatic carbocycles. The molecule has 0 aromatic rings. The van der Waals surface area contributed by atoms with Crippen molar-refractivity contribution >= 4 is 6.34 Å². The molecule has 11 heteroatoms. The zero-order valence-electron chi connectivity index (χ0n) is 7.07. The minimum absolute atomic E-state index is 0.176. The highest BCUT2D eigenvalue weighted by Gasteiger charge is 2.67. The van der Waals surface area contributed by atoms with E-state index in [0.29, 0.717) is 0 Å². The van der Waals surface area contributed by atoms with E-state index >= 15 is 0 Å². The fraction of sp³-hybridized carbons (Fsp3) is 0.800. The Bertz CT molecular complexity index is 291. The average molecular weight is 257 g/mol. The smallest absolute Gasteiger partial charge is 0.279 e. The number of halogens is 8. The van der Waals surface area contributed by atoms with Crippen molar-refractivity contribution < 1.29 is 35.1 Å². The molecule has 3 nitrogen and oxygen atoms in total. The van der Waals surface area contributed by atoms with Crippen molar-refractivity contribution in [2.75, 3.05) is 0 Å². The van der Waals surface area contributed by atoms with Gasteiger partial charge in [-0.25, -0.2) is 4.90 Å². The molecule has 1 N–H and O–H groups in total. The first-order valence-electron chi connectivity index (χ1n) is 3.56. The van der Waals surface area contributed by atoms with Crippen LogP contribution >= 0.6 is 0 Å². The van der Waals surface area contributed by atoms with Gasteiger partial charge in [0.25, 0.3) is 0 Å². The standard InChI is InChI=1S/C5H3F8N3/c6-3(7,4(8,9)10)2-15-14-1-16(2)5(11,12)13/h1-2,15H. The molecular weight excluding hydrogens is 254 g/mol. The summed E-state index contributed by atoms with van der Waals surface area (Å²) < 4.78 is 96.7. The quantitative estimate of drug-likeness (QED) is 0.573. The van der Waals surface area contributed by atoms with Crippen LogP contribution in [-0.2, 0) is 0 Å². The lowest BCUT2D eigenvalue weighted by Crippen LogP contribution is -2.61. The van der Waals surface area contributed by atoms with E-state index in [2.05, 4.69) is 5.10 Å². The van der Waals surface area contributed by atoms with E-state index in [-0.39, 0.29) is 6.34 Å². The van der Waals surface area contributed by atoms with Gasteiger partial charge in [-0.05, 0) is 0 Å². The van der Waals surface area contributed by atoms with Crippen LogP contribution in [-0.4, -0.2) is 35.8 Å². The molecule has 0 aliphatic carbocycles. The van der Waals surface area contributed by atoms with Crippen molar-refractivity contribution in [2.24, 2.45) is 5.10 Å². The molecule has 0 radical (unpaired) electrons. The summed E-state index contributed by atoms with van der Waals surface area (Å²) in [5, 5.41) is 2.54. The number of alkyl halides is 8. The van der Waals surface area contributed by atoms with Gasteiger partial charge in [-0.15, -0.1) is 13.2 Å². The molecule has 1 rings (SSSR count). The molecule has 0 spiro atoms. The summed E-state index contributed by atoms with van der Waals surface area (Å²) in [7, 11) is 0. The van der Waals surface area contributed by atoms with Crippen molar-refractivity contribution in [1.82, 2.24) is 10.3 Å². The number of nitrogens with zero attached hydrogens (tertiary/aromatic N) is 2. The van der Waals surface area contributed by atoms with Crippen LogP contribution in [0.3, 0.4) is 0 Å². The summed E-state index contributed by atoms with van der Waals surface area (Å²) in [4.78, 5) is -1.15.